The van der Waals surface area contributed by atoms with Crippen molar-refractivity contribution in [2.45, 2.75) is 44.0 Å². The second-order valence-corrected chi connectivity index (χ2v) is 10.5. The van der Waals surface area contributed by atoms with Gasteiger partial charge in [-0.1, -0.05) is 30.4 Å². The van der Waals surface area contributed by atoms with Gasteiger partial charge in [0.15, 0.2) is 0 Å². The summed E-state index contributed by atoms with van der Waals surface area (Å²) in [6.45, 7) is 10.3. The average molecular weight is 437 g/mol. The van der Waals surface area contributed by atoms with E-state index in [4.69, 9.17) is 9.47 Å². The maximum absolute atomic E-state index is 13.0. The number of carbonyl (C=O) groups is 2. The van der Waals surface area contributed by atoms with E-state index in [-0.39, 0.29) is 41.3 Å². The molecule has 0 radical (unpaired) electrons. The van der Waals surface area contributed by atoms with E-state index in [1.54, 1.807) is 0 Å². The third kappa shape index (κ3) is 3.14. The van der Waals surface area contributed by atoms with Crippen molar-refractivity contribution in [2.24, 2.45) is 23.7 Å². The molecule has 0 spiro atoms. The minimum absolute atomic E-state index is 0.0400. The van der Waals surface area contributed by atoms with Crippen LogP contribution in [-0.4, -0.2) is 72.2 Å². The highest BCUT2D eigenvalue weighted by Crippen LogP contribution is 2.63. The molecule has 0 aromatic heterocycles. The second-order valence-electron chi connectivity index (χ2n) is 10.5. The topological polar surface area (TPSA) is 62.4 Å². The summed E-state index contributed by atoms with van der Waals surface area (Å²) in [5.41, 5.74) is 1.92. The number of rotatable bonds is 3. The lowest BCUT2D eigenvalue weighted by atomic mass is 9.77. The van der Waals surface area contributed by atoms with Crippen molar-refractivity contribution in [1.29, 1.82) is 0 Å². The molecule has 5 fully saturated rings. The molecule has 3 heterocycles. The van der Waals surface area contributed by atoms with Gasteiger partial charge in [-0.2, -0.15) is 0 Å². The van der Waals surface area contributed by atoms with Crippen molar-refractivity contribution in [1.82, 2.24) is 9.80 Å². The third-order valence-electron chi connectivity index (χ3n) is 8.85. The summed E-state index contributed by atoms with van der Waals surface area (Å²) in [4.78, 5) is 30.0. The normalized spacial score (nSPS) is 40.8. The van der Waals surface area contributed by atoms with E-state index in [1.165, 1.54) is 5.57 Å². The predicted octanol–water partition coefficient (Wildman–Crippen LogP) is 2.75. The molecule has 0 unspecified atom stereocenters. The average Bonchev–Trinajstić information content (AvgIpc) is 3.29. The van der Waals surface area contributed by atoms with E-state index in [9.17, 15) is 9.59 Å². The van der Waals surface area contributed by atoms with Crippen molar-refractivity contribution in [3.63, 3.8) is 0 Å². The Morgan fingerprint density at radius 3 is 2.69 bits per heavy atom. The van der Waals surface area contributed by atoms with Crippen molar-refractivity contribution in [2.75, 3.05) is 32.7 Å². The molecule has 1 aromatic carbocycles. The summed E-state index contributed by atoms with van der Waals surface area (Å²) < 4.78 is 12.1. The number of fused-ring (bicyclic) bond motifs is 5. The number of allylic oxidation sites excluding steroid dienone is 1. The summed E-state index contributed by atoms with van der Waals surface area (Å²) in [5.74, 6) is 0.867. The van der Waals surface area contributed by atoms with Crippen molar-refractivity contribution in [3.8, 4) is 0 Å². The van der Waals surface area contributed by atoms with Crippen LogP contribution in [0.1, 0.15) is 36.5 Å². The number of benzene rings is 1. The minimum atomic E-state index is -0.139. The highest BCUT2D eigenvalue weighted by Gasteiger charge is 2.71. The summed E-state index contributed by atoms with van der Waals surface area (Å²) in [6.07, 6.45) is 3.25. The summed E-state index contributed by atoms with van der Waals surface area (Å²) in [5, 5.41) is 0. The van der Waals surface area contributed by atoms with Crippen molar-refractivity contribution in [3.05, 3.63) is 48.0 Å². The van der Waals surface area contributed by atoms with E-state index < -0.39 is 0 Å². The molecule has 3 saturated heterocycles. The Morgan fingerprint density at radius 2 is 1.94 bits per heavy atom. The Bertz CT molecular complexity index is 940. The van der Waals surface area contributed by atoms with Crippen LogP contribution >= 0.6 is 0 Å². The highest BCUT2D eigenvalue weighted by molar-refractivity contribution is 5.94. The first kappa shape index (κ1) is 20.4. The van der Waals surface area contributed by atoms with E-state index in [0.29, 0.717) is 25.1 Å². The van der Waals surface area contributed by atoms with Crippen LogP contribution in [-0.2, 0) is 14.3 Å². The van der Waals surface area contributed by atoms with Crippen LogP contribution in [0, 0.1) is 23.7 Å². The number of amides is 1. The number of ether oxygens (including phenoxy) is 2. The molecule has 0 N–H and O–H groups in total. The second kappa shape index (κ2) is 7.42. The smallest absolute Gasteiger partial charge is 0.310 e. The lowest BCUT2D eigenvalue weighted by Gasteiger charge is -2.36. The van der Waals surface area contributed by atoms with E-state index in [1.807, 2.05) is 35.2 Å². The molecule has 6 rings (SSSR count). The molecule has 170 valence electrons. The van der Waals surface area contributed by atoms with Crippen LogP contribution in [0.4, 0.5) is 0 Å². The SMILES string of the molecule is C=C1CC[C@@H]2[C@H](OC(=O)[C@@H]2CN2CCN(C(=O)c3ccccc3)CC2)[C@H]2[C@@H]1C[C@@H]1O[C@]21C. The van der Waals surface area contributed by atoms with Gasteiger partial charge in [0.2, 0.25) is 0 Å². The van der Waals surface area contributed by atoms with Gasteiger partial charge in [0.1, 0.15) is 6.10 Å². The van der Waals surface area contributed by atoms with Gasteiger partial charge in [0.25, 0.3) is 5.91 Å². The fourth-order valence-corrected chi connectivity index (χ4v) is 6.94. The molecule has 1 amide bonds. The Morgan fingerprint density at radius 1 is 1.19 bits per heavy atom. The summed E-state index contributed by atoms with van der Waals surface area (Å²) >= 11 is 0. The van der Waals surface area contributed by atoms with Gasteiger partial charge < -0.3 is 14.4 Å². The Balaban J connectivity index is 1.12. The third-order valence-corrected chi connectivity index (χ3v) is 8.85. The fourth-order valence-electron chi connectivity index (χ4n) is 6.94. The molecule has 1 aromatic rings. The van der Waals surface area contributed by atoms with Crippen LogP contribution in [0.3, 0.4) is 0 Å². The maximum Gasteiger partial charge on any atom is 0.310 e. The number of piperazine rings is 1. The molecule has 7 atom stereocenters. The monoisotopic (exact) mass is 436 g/mol. The van der Waals surface area contributed by atoms with Crippen LogP contribution in [0.15, 0.2) is 42.5 Å². The molecular formula is C26H32N2O4. The Labute approximate surface area is 189 Å². The zero-order chi connectivity index (χ0) is 22.0. The number of hydrogen-bond acceptors (Lipinski definition) is 5. The zero-order valence-corrected chi connectivity index (χ0v) is 18.7. The minimum Gasteiger partial charge on any atom is -0.461 e. The lowest BCUT2D eigenvalue weighted by molar-refractivity contribution is -0.147. The highest BCUT2D eigenvalue weighted by atomic mass is 16.6. The molecule has 5 aliphatic rings. The summed E-state index contributed by atoms with van der Waals surface area (Å²) in [7, 11) is 0. The van der Waals surface area contributed by atoms with Gasteiger partial charge in [-0.15, -0.1) is 0 Å². The van der Waals surface area contributed by atoms with E-state index in [0.717, 1.165) is 44.5 Å². The first-order valence-corrected chi connectivity index (χ1v) is 12.1. The molecule has 6 nitrogen and oxygen atoms in total. The quantitative estimate of drug-likeness (QED) is 0.414. The van der Waals surface area contributed by atoms with Gasteiger partial charge in [-0.25, -0.2) is 0 Å². The van der Waals surface area contributed by atoms with Crippen LogP contribution in [0.2, 0.25) is 0 Å². The predicted molar refractivity (Wildman–Crippen MR) is 119 cm³/mol. The standard InChI is InChI=1S/C26H32N2O4/c1-16-8-9-18-20(25(30)31-23(18)22-19(16)14-21-26(22,2)32-21)15-27-10-12-28(13-11-27)24(29)17-6-4-3-5-7-17/h3-7,18-23H,1,8-15H2,2H3/t18-,19+,20+,21-,22+,23-,26-/m0/s1. The number of carbonyl (C=O) groups excluding carboxylic acids is 2. The molecule has 3 aliphatic heterocycles. The first-order chi connectivity index (χ1) is 15.5. The van der Waals surface area contributed by atoms with Crippen molar-refractivity contribution >= 4 is 11.9 Å². The van der Waals surface area contributed by atoms with Gasteiger partial charge in [0.05, 0.1) is 17.6 Å². The number of hydrogen-bond donors (Lipinski definition) is 0. The van der Waals surface area contributed by atoms with Crippen molar-refractivity contribution < 1.29 is 19.1 Å². The molecule has 2 aliphatic carbocycles. The number of epoxide rings is 1. The van der Waals surface area contributed by atoms with Crippen LogP contribution < -0.4 is 0 Å². The molecule has 32 heavy (non-hydrogen) atoms. The van der Waals surface area contributed by atoms with Gasteiger partial charge in [-0.05, 0) is 44.2 Å². The van der Waals surface area contributed by atoms with Gasteiger partial charge >= 0.3 is 5.97 Å². The molecule has 2 saturated carbocycles. The summed E-state index contributed by atoms with van der Waals surface area (Å²) in [6, 6.07) is 9.46. The number of nitrogens with zero attached hydrogens (tertiary/aromatic N) is 2. The Hall–Kier alpha value is -2.18. The van der Waals surface area contributed by atoms with Gasteiger partial charge in [-0.3, -0.25) is 14.5 Å². The largest absolute Gasteiger partial charge is 0.461 e. The van der Waals surface area contributed by atoms with Crippen LogP contribution in [0.5, 0.6) is 0 Å². The Kier molecular flexibility index (Phi) is 4.74. The van der Waals surface area contributed by atoms with Gasteiger partial charge in [0, 0.05) is 50.1 Å². The van der Waals surface area contributed by atoms with E-state index >= 15 is 0 Å². The number of esters is 1. The van der Waals surface area contributed by atoms with E-state index in [2.05, 4.69) is 18.4 Å². The zero-order valence-electron chi connectivity index (χ0n) is 18.7. The molecular weight excluding hydrogens is 404 g/mol. The first-order valence-electron chi connectivity index (χ1n) is 12.1. The van der Waals surface area contributed by atoms with Crippen LogP contribution in [0.25, 0.3) is 0 Å². The lowest BCUT2D eigenvalue weighted by Crippen LogP contribution is -2.50. The fraction of sp³-hybridized carbons (Fsp3) is 0.615. The molecule has 0 bridgehead atoms. The molecule has 6 heteroatoms. The maximum atomic E-state index is 13.0.